The Hall–Kier alpha value is -1.73. The van der Waals surface area contributed by atoms with Crippen LogP contribution in [0.2, 0.25) is 0 Å². The predicted molar refractivity (Wildman–Crippen MR) is 89.9 cm³/mol. The average molecular weight is 379 g/mol. The van der Waals surface area contributed by atoms with E-state index in [-0.39, 0.29) is 18.4 Å². The van der Waals surface area contributed by atoms with E-state index in [2.05, 4.69) is 26.0 Å². The van der Waals surface area contributed by atoms with Crippen molar-refractivity contribution in [2.45, 2.75) is 31.7 Å². The van der Waals surface area contributed by atoms with E-state index in [4.69, 9.17) is 10.5 Å². The fourth-order valence-corrected chi connectivity index (χ4v) is 3.54. The molecule has 1 aliphatic carbocycles. The van der Waals surface area contributed by atoms with Crippen molar-refractivity contribution in [3.8, 4) is 11.3 Å². The molecular weight excluding hydrogens is 360 g/mol. The highest BCUT2D eigenvalue weighted by atomic mass is 79.9. The lowest BCUT2D eigenvalue weighted by atomic mass is 9.84. The fourth-order valence-electron chi connectivity index (χ4n) is 3.17. The summed E-state index contributed by atoms with van der Waals surface area (Å²) in [6.45, 7) is 0.697. The van der Waals surface area contributed by atoms with Gasteiger partial charge >= 0.3 is 5.97 Å². The molecular formula is C16H19BrN4O2. The molecule has 1 unspecified atom stereocenters. The Kier molecular flexibility index (Phi) is 4.77. The summed E-state index contributed by atoms with van der Waals surface area (Å²) in [4.78, 5) is 15.9. The van der Waals surface area contributed by atoms with E-state index in [0.717, 1.165) is 46.2 Å². The number of carbonyl (C=O) groups is 1. The Morgan fingerprint density at radius 1 is 1.52 bits per heavy atom. The van der Waals surface area contributed by atoms with Crippen LogP contribution in [0.3, 0.4) is 0 Å². The van der Waals surface area contributed by atoms with Crippen LogP contribution in [0.25, 0.3) is 11.3 Å². The number of carbonyl (C=O) groups excluding carboxylic acids is 1. The molecule has 0 bridgehead atoms. The topological polar surface area (TPSA) is 83.0 Å². The molecule has 122 valence electrons. The van der Waals surface area contributed by atoms with Gasteiger partial charge in [-0.1, -0.05) is 0 Å². The molecule has 2 aromatic rings. The van der Waals surface area contributed by atoms with Gasteiger partial charge in [-0.3, -0.25) is 14.5 Å². The minimum Gasteiger partial charge on any atom is -0.468 e. The zero-order chi connectivity index (χ0) is 16.4. The smallest absolute Gasteiger partial charge is 0.327 e. The molecule has 1 aliphatic rings. The van der Waals surface area contributed by atoms with Gasteiger partial charge in [0.15, 0.2) is 0 Å². The van der Waals surface area contributed by atoms with Crippen molar-refractivity contribution in [2.75, 3.05) is 13.7 Å². The van der Waals surface area contributed by atoms with Gasteiger partial charge in [-0.05, 0) is 47.8 Å². The summed E-state index contributed by atoms with van der Waals surface area (Å²) in [6.07, 6.45) is 6.52. The quantitative estimate of drug-likeness (QED) is 0.824. The monoisotopic (exact) mass is 378 g/mol. The Bertz CT molecular complexity index is 729. The number of halogens is 1. The summed E-state index contributed by atoms with van der Waals surface area (Å²) >= 11 is 3.45. The van der Waals surface area contributed by atoms with E-state index in [1.54, 1.807) is 17.1 Å². The van der Waals surface area contributed by atoms with E-state index < -0.39 is 0 Å². The van der Waals surface area contributed by atoms with Gasteiger partial charge in [0.2, 0.25) is 0 Å². The second-order valence-electron chi connectivity index (χ2n) is 5.66. The summed E-state index contributed by atoms with van der Waals surface area (Å²) < 4.78 is 7.45. The molecule has 0 spiro atoms. The third-order valence-electron chi connectivity index (χ3n) is 4.24. The van der Waals surface area contributed by atoms with Crippen LogP contribution in [-0.2, 0) is 22.5 Å². The van der Waals surface area contributed by atoms with Crippen LogP contribution in [0.4, 0.5) is 0 Å². The summed E-state index contributed by atoms with van der Waals surface area (Å²) in [7, 11) is 1.39. The minimum absolute atomic E-state index is 0.123. The molecule has 0 aromatic carbocycles. The second-order valence-corrected chi connectivity index (χ2v) is 6.58. The lowest BCUT2D eigenvalue weighted by Gasteiger charge is -2.22. The van der Waals surface area contributed by atoms with Crippen molar-refractivity contribution in [2.24, 2.45) is 5.73 Å². The van der Waals surface area contributed by atoms with Gasteiger partial charge in [-0.2, -0.15) is 5.10 Å². The van der Waals surface area contributed by atoms with Crippen LogP contribution in [0.5, 0.6) is 0 Å². The first-order valence-corrected chi connectivity index (χ1v) is 8.40. The van der Waals surface area contributed by atoms with Crippen molar-refractivity contribution in [3.63, 3.8) is 0 Å². The zero-order valence-electron chi connectivity index (χ0n) is 13.0. The van der Waals surface area contributed by atoms with Crippen molar-refractivity contribution in [3.05, 3.63) is 34.2 Å². The second kappa shape index (κ2) is 6.80. The standard InChI is InChI=1S/C16H19BrN4O2/c1-23-14(22)9-21-13-4-2-3-10(6-18)15(13)16(20-21)11-5-12(17)8-19-7-11/h5,7-8,10H,2-4,6,9,18H2,1H3. The number of nitrogens with zero attached hydrogens (tertiary/aromatic N) is 3. The van der Waals surface area contributed by atoms with Crippen molar-refractivity contribution in [1.29, 1.82) is 0 Å². The molecule has 0 saturated heterocycles. The molecule has 0 radical (unpaired) electrons. The summed E-state index contributed by atoms with van der Waals surface area (Å²) in [6, 6.07) is 1.99. The first-order valence-electron chi connectivity index (χ1n) is 7.61. The lowest BCUT2D eigenvalue weighted by Crippen LogP contribution is -2.21. The first kappa shape index (κ1) is 16.1. The molecule has 1 atom stereocenters. The Morgan fingerprint density at radius 3 is 3.04 bits per heavy atom. The van der Waals surface area contributed by atoms with Gasteiger partial charge < -0.3 is 10.5 Å². The van der Waals surface area contributed by atoms with E-state index in [9.17, 15) is 4.79 Å². The van der Waals surface area contributed by atoms with Crippen LogP contribution in [0.15, 0.2) is 22.9 Å². The van der Waals surface area contributed by atoms with E-state index in [1.807, 2.05) is 6.07 Å². The van der Waals surface area contributed by atoms with E-state index in [0.29, 0.717) is 6.54 Å². The lowest BCUT2D eigenvalue weighted by molar-refractivity contribution is -0.141. The van der Waals surface area contributed by atoms with Crippen LogP contribution >= 0.6 is 15.9 Å². The number of pyridine rings is 1. The van der Waals surface area contributed by atoms with Crippen LogP contribution < -0.4 is 5.73 Å². The zero-order valence-corrected chi connectivity index (χ0v) is 14.5. The highest BCUT2D eigenvalue weighted by Crippen LogP contribution is 2.38. The number of hydrogen-bond acceptors (Lipinski definition) is 5. The third-order valence-corrected chi connectivity index (χ3v) is 4.68. The molecule has 0 amide bonds. The highest BCUT2D eigenvalue weighted by molar-refractivity contribution is 9.10. The van der Waals surface area contributed by atoms with E-state index in [1.165, 1.54) is 7.11 Å². The summed E-state index contributed by atoms with van der Waals surface area (Å²) in [5.74, 6) is -0.0387. The van der Waals surface area contributed by atoms with Crippen LogP contribution in [0, 0.1) is 0 Å². The molecule has 6 nitrogen and oxygen atoms in total. The van der Waals surface area contributed by atoms with Gasteiger partial charge in [0.05, 0.1) is 12.8 Å². The predicted octanol–water partition coefficient (Wildman–Crippen LogP) is 2.26. The van der Waals surface area contributed by atoms with Crippen LogP contribution in [0.1, 0.15) is 30.0 Å². The van der Waals surface area contributed by atoms with Gasteiger partial charge in [-0.25, -0.2) is 0 Å². The number of ether oxygens (including phenoxy) is 1. The molecule has 2 aromatic heterocycles. The van der Waals surface area contributed by atoms with E-state index >= 15 is 0 Å². The molecule has 0 fully saturated rings. The third kappa shape index (κ3) is 3.16. The number of rotatable bonds is 4. The Morgan fingerprint density at radius 2 is 2.35 bits per heavy atom. The molecule has 7 heteroatoms. The summed E-state index contributed by atoms with van der Waals surface area (Å²) in [5, 5.41) is 4.69. The molecule has 0 aliphatic heterocycles. The van der Waals surface area contributed by atoms with Gasteiger partial charge in [0.25, 0.3) is 0 Å². The van der Waals surface area contributed by atoms with Gasteiger partial charge in [0.1, 0.15) is 6.54 Å². The van der Waals surface area contributed by atoms with Gasteiger partial charge in [-0.15, -0.1) is 0 Å². The number of nitrogens with two attached hydrogens (primary N) is 1. The Balaban J connectivity index is 2.13. The first-order chi connectivity index (χ1) is 11.1. The molecule has 2 heterocycles. The SMILES string of the molecule is COC(=O)Cn1nc(-c2cncc(Br)c2)c2c1CCCC2CN. The number of fused-ring (bicyclic) bond motifs is 1. The fraction of sp³-hybridized carbons (Fsp3) is 0.438. The number of esters is 1. The number of methoxy groups -OCH3 is 1. The van der Waals surface area contributed by atoms with Crippen molar-refractivity contribution < 1.29 is 9.53 Å². The maximum atomic E-state index is 11.7. The van der Waals surface area contributed by atoms with Gasteiger partial charge in [0, 0.05) is 39.6 Å². The molecule has 3 rings (SSSR count). The average Bonchev–Trinajstić information content (AvgIpc) is 2.93. The Labute approximate surface area is 143 Å². The number of aromatic nitrogens is 3. The maximum absolute atomic E-state index is 11.7. The van der Waals surface area contributed by atoms with Crippen molar-refractivity contribution >= 4 is 21.9 Å². The normalized spacial score (nSPS) is 16.9. The van der Waals surface area contributed by atoms with Crippen molar-refractivity contribution in [1.82, 2.24) is 14.8 Å². The molecule has 2 N–H and O–H groups in total. The minimum atomic E-state index is -0.302. The number of hydrogen-bond donors (Lipinski definition) is 1. The summed E-state index contributed by atoms with van der Waals surface area (Å²) in [5.41, 5.74) is 10.0. The largest absolute Gasteiger partial charge is 0.468 e. The molecule has 0 saturated carbocycles. The highest BCUT2D eigenvalue weighted by Gasteiger charge is 2.29. The maximum Gasteiger partial charge on any atom is 0.327 e. The van der Waals surface area contributed by atoms with Crippen LogP contribution in [-0.4, -0.2) is 34.4 Å². The molecule has 23 heavy (non-hydrogen) atoms.